The summed E-state index contributed by atoms with van der Waals surface area (Å²) in [7, 11) is 0. The van der Waals surface area contributed by atoms with Crippen molar-refractivity contribution in [1.29, 1.82) is 0 Å². The highest BCUT2D eigenvalue weighted by Crippen LogP contribution is 2.59. The minimum Gasteiger partial charge on any atom is -0.393 e. The van der Waals surface area contributed by atoms with Crippen LogP contribution in [0.1, 0.15) is 25.7 Å². The molecule has 3 rings (SSSR count). The fraction of sp³-hybridized carbons (Fsp3) is 1.00. The van der Waals surface area contributed by atoms with E-state index in [-0.39, 0.29) is 6.10 Å². The van der Waals surface area contributed by atoms with E-state index < -0.39 is 0 Å². The Hall–Kier alpha value is -0.0400. The molecule has 3 aliphatic carbocycles. The maximum Gasteiger partial charge on any atom is 0.0571 e. The number of hydrogen-bond donors (Lipinski definition) is 1. The molecule has 10 heavy (non-hydrogen) atoms. The summed E-state index contributed by atoms with van der Waals surface area (Å²) in [6, 6.07) is 0. The van der Waals surface area contributed by atoms with E-state index >= 15 is 0 Å². The largest absolute Gasteiger partial charge is 0.393 e. The van der Waals surface area contributed by atoms with Crippen molar-refractivity contribution in [3.63, 3.8) is 0 Å². The average molecular weight is 138 g/mol. The fourth-order valence-corrected chi connectivity index (χ4v) is 3.51. The van der Waals surface area contributed by atoms with Gasteiger partial charge in [-0.3, -0.25) is 0 Å². The zero-order valence-electron chi connectivity index (χ0n) is 6.16. The molecule has 0 aromatic rings. The van der Waals surface area contributed by atoms with Gasteiger partial charge >= 0.3 is 0 Å². The van der Waals surface area contributed by atoms with E-state index in [1.165, 1.54) is 19.3 Å². The van der Waals surface area contributed by atoms with Gasteiger partial charge < -0.3 is 5.11 Å². The first-order chi connectivity index (χ1) is 4.84. The summed E-state index contributed by atoms with van der Waals surface area (Å²) < 4.78 is 0. The molecule has 5 unspecified atom stereocenters. The van der Waals surface area contributed by atoms with Gasteiger partial charge in [0.2, 0.25) is 0 Å². The maximum atomic E-state index is 9.59. The molecule has 2 bridgehead atoms. The molecule has 1 N–H and O–H groups in total. The Morgan fingerprint density at radius 3 is 2.40 bits per heavy atom. The predicted octanol–water partition coefficient (Wildman–Crippen LogP) is 1.41. The highest BCUT2D eigenvalue weighted by Gasteiger charge is 2.53. The summed E-state index contributed by atoms with van der Waals surface area (Å²) in [4.78, 5) is 0. The number of hydrogen-bond acceptors (Lipinski definition) is 1. The van der Waals surface area contributed by atoms with Gasteiger partial charge in [-0.05, 0) is 49.4 Å². The summed E-state index contributed by atoms with van der Waals surface area (Å²) >= 11 is 0. The van der Waals surface area contributed by atoms with Gasteiger partial charge in [-0.15, -0.1) is 0 Å². The summed E-state index contributed by atoms with van der Waals surface area (Å²) in [6.45, 7) is 0. The quantitative estimate of drug-likeness (QED) is 0.536. The molecule has 0 aromatic heterocycles. The smallest absolute Gasteiger partial charge is 0.0571 e. The highest BCUT2D eigenvalue weighted by atomic mass is 16.3. The van der Waals surface area contributed by atoms with Gasteiger partial charge in [0.05, 0.1) is 6.10 Å². The second kappa shape index (κ2) is 1.58. The molecule has 0 saturated heterocycles. The summed E-state index contributed by atoms with van der Waals surface area (Å²) in [5.41, 5.74) is 0. The molecule has 3 aliphatic rings. The Morgan fingerprint density at radius 1 is 0.800 bits per heavy atom. The molecule has 1 nitrogen and oxygen atoms in total. The Bertz CT molecular complexity index is 164. The van der Waals surface area contributed by atoms with Crippen LogP contribution in [-0.2, 0) is 0 Å². The van der Waals surface area contributed by atoms with Crippen molar-refractivity contribution >= 4 is 0 Å². The van der Waals surface area contributed by atoms with E-state index in [2.05, 4.69) is 0 Å². The maximum absolute atomic E-state index is 9.59. The standard InChI is InChI=1S/C9H14O/c10-9-4-6-1-5-2-7(9)3-8(5)6/h5-10H,1-4H2. The van der Waals surface area contributed by atoms with Crippen LogP contribution in [0.15, 0.2) is 0 Å². The van der Waals surface area contributed by atoms with Crippen molar-refractivity contribution in [3.05, 3.63) is 0 Å². The molecule has 0 aromatic carbocycles. The van der Waals surface area contributed by atoms with Gasteiger partial charge in [0.15, 0.2) is 0 Å². The lowest BCUT2D eigenvalue weighted by Crippen LogP contribution is -2.37. The molecule has 56 valence electrons. The van der Waals surface area contributed by atoms with E-state index in [4.69, 9.17) is 0 Å². The van der Waals surface area contributed by atoms with E-state index in [0.717, 1.165) is 24.2 Å². The van der Waals surface area contributed by atoms with Crippen molar-refractivity contribution in [2.75, 3.05) is 0 Å². The van der Waals surface area contributed by atoms with Crippen LogP contribution in [0.5, 0.6) is 0 Å². The summed E-state index contributed by atoms with van der Waals surface area (Å²) in [6.07, 6.45) is 5.36. The van der Waals surface area contributed by atoms with Gasteiger partial charge in [-0.1, -0.05) is 0 Å². The van der Waals surface area contributed by atoms with Crippen LogP contribution in [0.2, 0.25) is 0 Å². The lowest BCUT2D eigenvalue weighted by molar-refractivity contribution is 0.00948. The van der Waals surface area contributed by atoms with Crippen molar-refractivity contribution in [1.82, 2.24) is 0 Å². The Balaban J connectivity index is 1.92. The SMILES string of the molecule is OC1CC2CC3CC1CC23. The first-order valence-corrected chi connectivity index (χ1v) is 4.52. The Morgan fingerprint density at radius 2 is 1.50 bits per heavy atom. The van der Waals surface area contributed by atoms with Crippen LogP contribution in [-0.4, -0.2) is 11.2 Å². The molecule has 3 saturated carbocycles. The molecule has 1 heteroatoms. The van der Waals surface area contributed by atoms with Crippen LogP contribution >= 0.6 is 0 Å². The van der Waals surface area contributed by atoms with Crippen LogP contribution in [0.4, 0.5) is 0 Å². The third-order valence-corrected chi connectivity index (χ3v) is 4.09. The lowest BCUT2D eigenvalue weighted by Gasteiger charge is -2.42. The highest BCUT2D eigenvalue weighted by molar-refractivity contribution is 5.03. The normalized spacial score (nSPS) is 63.9. The van der Waals surface area contributed by atoms with Gasteiger partial charge in [0.25, 0.3) is 0 Å². The molecule has 0 radical (unpaired) electrons. The second-order valence-electron chi connectivity index (χ2n) is 4.45. The molecular formula is C9H14O. The van der Waals surface area contributed by atoms with E-state index in [9.17, 15) is 5.11 Å². The van der Waals surface area contributed by atoms with E-state index in [1.54, 1.807) is 0 Å². The number of aliphatic hydroxyl groups excluding tert-OH is 1. The summed E-state index contributed by atoms with van der Waals surface area (Å²) in [5.74, 6) is 3.72. The molecule has 3 fully saturated rings. The molecule has 0 heterocycles. The zero-order valence-corrected chi connectivity index (χ0v) is 6.16. The number of aliphatic hydroxyl groups is 1. The first kappa shape index (κ1) is 5.59. The number of fused-ring (bicyclic) bond motifs is 1. The third-order valence-electron chi connectivity index (χ3n) is 4.09. The van der Waals surface area contributed by atoms with Crippen molar-refractivity contribution in [2.45, 2.75) is 31.8 Å². The van der Waals surface area contributed by atoms with Crippen LogP contribution in [0, 0.1) is 23.7 Å². The fourth-order valence-electron chi connectivity index (χ4n) is 3.51. The predicted molar refractivity (Wildman–Crippen MR) is 38.4 cm³/mol. The van der Waals surface area contributed by atoms with Crippen LogP contribution < -0.4 is 0 Å². The van der Waals surface area contributed by atoms with Gasteiger partial charge in [0.1, 0.15) is 0 Å². The zero-order chi connectivity index (χ0) is 6.72. The molecule has 0 spiro atoms. The van der Waals surface area contributed by atoms with Crippen molar-refractivity contribution in [2.24, 2.45) is 23.7 Å². The van der Waals surface area contributed by atoms with E-state index in [1.807, 2.05) is 0 Å². The first-order valence-electron chi connectivity index (χ1n) is 4.52. The van der Waals surface area contributed by atoms with E-state index in [0.29, 0.717) is 5.92 Å². The molecule has 5 atom stereocenters. The molecular weight excluding hydrogens is 124 g/mol. The lowest BCUT2D eigenvalue weighted by atomic mass is 9.63. The Kier molecular flexibility index (Phi) is 0.883. The summed E-state index contributed by atoms with van der Waals surface area (Å²) in [5, 5.41) is 9.59. The topological polar surface area (TPSA) is 20.2 Å². The van der Waals surface area contributed by atoms with Crippen molar-refractivity contribution < 1.29 is 5.11 Å². The van der Waals surface area contributed by atoms with Crippen LogP contribution in [0.25, 0.3) is 0 Å². The van der Waals surface area contributed by atoms with Gasteiger partial charge in [-0.2, -0.15) is 0 Å². The van der Waals surface area contributed by atoms with Gasteiger partial charge in [0, 0.05) is 0 Å². The minimum atomic E-state index is 0.0775. The van der Waals surface area contributed by atoms with Gasteiger partial charge in [-0.25, -0.2) is 0 Å². The second-order valence-corrected chi connectivity index (χ2v) is 4.45. The Labute approximate surface area is 61.4 Å². The third kappa shape index (κ3) is 0.493. The monoisotopic (exact) mass is 138 g/mol. The molecule has 0 amide bonds. The molecule has 0 aliphatic heterocycles. The minimum absolute atomic E-state index is 0.0775. The average Bonchev–Trinajstić information content (AvgIpc) is 2.04. The van der Waals surface area contributed by atoms with Crippen molar-refractivity contribution in [3.8, 4) is 0 Å². The van der Waals surface area contributed by atoms with Crippen LogP contribution in [0.3, 0.4) is 0 Å². The number of rotatable bonds is 0.